The molecule has 0 aliphatic rings. The number of nitrogens with zero attached hydrogens (tertiary/aromatic N) is 3. The van der Waals surface area contributed by atoms with E-state index in [1.165, 1.54) is 4.90 Å². The molecular formula is C22H22BrClN4O2. The standard InChI is InChI=1S/C22H22BrClN4O2/c1-14-11-17(23)9-10-18(14)25-19(29)13-27(3)22(30)20-15(2)26-28(21(20)24)12-16-7-5-4-6-8-16/h4-11H,12-13H2,1-3H3,(H,25,29). The molecule has 8 heteroatoms. The number of hydrogen-bond donors (Lipinski definition) is 1. The molecular weight excluding hydrogens is 468 g/mol. The molecule has 0 atom stereocenters. The summed E-state index contributed by atoms with van der Waals surface area (Å²) in [6.07, 6.45) is 0. The molecule has 0 unspecified atom stereocenters. The fraction of sp³-hybridized carbons (Fsp3) is 0.227. The second-order valence-corrected chi connectivity index (χ2v) is 8.34. The quantitative estimate of drug-likeness (QED) is 0.547. The van der Waals surface area contributed by atoms with Gasteiger partial charge in [0.1, 0.15) is 5.15 Å². The summed E-state index contributed by atoms with van der Waals surface area (Å²) in [5.74, 6) is -0.638. The van der Waals surface area contributed by atoms with Crippen molar-refractivity contribution in [2.45, 2.75) is 20.4 Å². The summed E-state index contributed by atoms with van der Waals surface area (Å²) in [4.78, 5) is 26.7. The van der Waals surface area contributed by atoms with Crippen molar-refractivity contribution in [2.24, 2.45) is 0 Å². The summed E-state index contributed by atoms with van der Waals surface area (Å²) in [5, 5.41) is 7.50. The largest absolute Gasteiger partial charge is 0.332 e. The summed E-state index contributed by atoms with van der Waals surface area (Å²) in [6.45, 7) is 3.99. The van der Waals surface area contributed by atoms with Crippen molar-refractivity contribution in [1.82, 2.24) is 14.7 Å². The number of benzene rings is 2. The Balaban J connectivity index is 1.70. The second-order valence-electron chi connectivity index (χ2n) is 7.06. The van der Waals surface area contributed by atoms with Crippen molar-refractivity contribution in [3.05, 3.63) is 80.5 Å². The third-order valence-electron chi connectivity index (χ3n) is 4.64. The molecule has 0 bridgehead atoms. The first kappa shape index (κ1) is 22.1. The van der Waals surface area contributed by atoms with Gasteiger partial charge in [-0.1, -0.05) is 57.9 Å². The molecule has 3 aromatic rings. The lowest BCUT2D eigenvalue weighted by molar-refractivity contribution is -0.116. The van der Waals surface area contributed by atoms with E-state index in [0.29, 0.717) is 23.5 Å². The van der Waals surface area contributed by atoms with Gasteiger partial charge in [-0.3, -0.25) is 9.59 Å². The first-order valence-corrected chi connectivity index (χ1v) is 10.5. The van der Waals surface area contributed by atoms with Crippen LogP contribution in [0.5, 0.6) is 0 Å². The number of halogens is 2. The molecule has 1 heterocycles. The zero-order chi connectivity index (χ0) is 21.8. The van der Waals surface area contributed by atoms with Crippen LogP contribution in [0.2, 0.25) is 5.15 Å². The maximum atomic E-state index is 13.0. The Hall–Kier alpha value is -2.64. The van der Waals surface area contributed by atoms with Crippen LogP contribution in [0.4, 0.5) is 5.69 Å². The average Bonchev–Trinajstić information content (AvgIpc) is 2.97. The highest BCUT2D eigenvalue weighted by Gasteiger charge is 2.24. The molecule has 2 aromatic carbocycles. The number of hydrogen-bond acceptors (Lipinski definition) is 3. The molecule has 1 N–H and O–H groups in total. The summed E-state index contributed by atoms with van der Waals surface area (Å²) in [5.41, 5.74) is 3.49. The lowest BCUT2D eigenvalue weighted by Crippen LogP contribution is -2.35. The number of carbonyl (C=O) groups excluding carboxylic acids is 2. The Labute approximate surface area is 189 Å². The van der Waals surface area contributed by atoms with Crippen molar-refractivity contribution in [3.8, 4) is 0 Å². The maximum absolute atomic E-state index is 13.0. The van der Waals surface area contributed by atoms with Crippen LogP contribution in [0, 0.1) is 13.8 Å². The number of likely N-dealkylation sites (N-methyl/N-ethyl adjacent to an activating group) is 1. The monoisotopic (exact) mass is 488 g/mol. The summed E-state index contributed by atoms with van der Waals surface area (Å²) in [7, 11) is 1.57. The van der Waals surface area contributed by atoms with Gasteiger partial charge in [0, 0.05) is 17.2 Å². The molecule has 0 radical (unpaired) electrons. The Morgan fingerprint density at radius 2 is 1.87 bits per heavy atom. The Bertz CT molecular complexity index is 1080. The smallest absolute Gasteiger partial charge is 0.259 e. The van der Waals surface area contributed by atoms with E-state index in [1.807, 2.05) is 55.5 Å². The van der Waals surface area contributed by atoms with Crippen LogP contribution in [0.25, 0.3) is 0 Å². The second kappa shape index (κ2) is 9.45. The topological polar surface area (TPSA) is 67.2 Å². The fourth-order valence-corrected chi connectivity index (χ4v) is 3.88. The van der Waals surface area contributed by atoms with E-state index in [1.54, 1.807) is 18.7 Å². The predicted molar refractivity (Wildman–Crippen MR) is 122 cm³/mol. The van der Waals surface area contributed by atoms with E-state index in [-0.39, 0.29) is 23.5 Å². The zero-order valence-electron chi connectivity index (χ0n) is 16.9. The molecule has 0 aliphatic heterocycles. The fourth-order valence-electron chi connectivity index (χ4n) is 3.09. The van der Waals surface area contributed by atoms with Gasteiger partial charge < -0.3 is 10.2 Å². The van der Waals surface area contributed by atoms with E-state index in [4.69, 9.17) is 11.6 Å². The number of aryl methyl sites for hydroxylation is 2. The molecule has 0 fully saturated rings. The Kier molecular flexibility index (Phi) is 6.95. The highest BCUT2D eigenvalue weighted by molar-refractivity contribution is 9.10. The van der Waals surface area contributed by atoms with E-state index in [0.717, 1.165) is 15.6 Å². The number of carbonyl (C=O) groups is 2. The van der Waals surface area contributed by atoms with Crippen LogP contribution in [-0.4, -0.2) is 40.1 Å². The molecule has 0 aliphatic carbocycles. The number of aromatic nitrogens is 2. The van der Waals surface area contributed by atoms with Crippen molar-refractivity contribution >= 4 is 45.0 Å². The lowest BCUT2D eigenvalue weighted by atomic mass is 10.2. The van der Waals surface area contributed by atoms with Gasteiger partial charge in [-0.05, 0) is 43.2 Å². The van der Waals surface area contributed by atoms with Gasteiger partial charge in [0.15, 0.2) is 0 Å². The minimum atomic E-state index is -0.348. The van der Waals surface area contributed by atoms with Gasteiger partial charge in [0.25, 0.3) is 5.91 Å². The Morgan fingerprint density at radius 1 is 1.17 bits per heavy atom. The minimum absolute atomic E-state index is 0.103. The molecule has 0 saturated carbocycles. The molecule has 2 amide bonds. The normalized spacial score (nSPS) is 10.7. The molecule has 30 heavy (non-hydrogen) atoms. The lowest BCUT2D eigenvalue weighted by Gasteiger charge is -2.17. The third kappa shape index (κ3) is 5.09. The molecule has 6 nitrogen and oxygen atoms in total. The van der Waals surface area contributed by atoms with Crippen LogP contribution >= 0.6 is 27.5 Å². The minimum Gasteiger partial charge on any atom is -0.332 e. The molecule has 156 valence electrons. The van der Waals surface area contributed by atoms with Gasteiger partial charge in [0.2, 0.25) is 5.91 Å². The summed E-state index contributed by atoms with van der Waals surface area (Å²) in [6, 6.07) is 15.3. The van der Waals surface area contributed by atoms with Crippen LogP contribution in [0.1, 0.15) is 27.2 Å². The van der Waals surface area contributed by atoms with Crippen LogP contribution < -0.4 is 5.32 Å². The zero-order valence-corrected chi connectivity index (χ0v) is 19.3. The highest BCUT2D eigenvalue weighted by atomic mass is 79.9. The van der Waals surface area contributed by atoms with Crippen molar-refractivity contribution in [2.75, 3.05) is 18.9 Å². The Morgan fingerprint density at radius 3 is 2.53 bits per heavy atom. The van der Waals surface area contributed by atoms with Crippen molar-refractivity contribution < 1.29 is 9.59 Å². The van der Waals surface area contributed by atoms with Crippen molar-refractivity contribution in [1.29, 1.82) is 0 Å². The average molecular weight is 490 g/mol. The molecule has 3 rings (SSSR count). The van der Waals surface area contributed by atoms with E-state index in [9.17, 15) is 9.59 Å². The van der Waals surface area contributed by atoms with Crippen LogP contribution in [-0.2, 0) is 11.3 Å². The summed E-state index contributed by atoms with van der Waals surface area (Å²) < 4.78 is 2.53. The number of nitrogens with one attached hydrogen (secondary N) is 1. The first-order valence-electron chi connectivity index (χ1n) is 9.34. The number of rotatable bonds is 6. The van der Waals surface area contributed by atoms with Crippen LogP contribution in [0.3, 0.4) is 0 Å². The van der Waals surface area contributed by atoms with Gasteiger partial charge in [0.05, 0.1) is 24.3 Å². The number of anilines is 1. The third-order valence-corrected chi connectivity index (χ3v) is 5.52. The maximum Gasteiger partial charge on any atom is 0.259 e. The number of amides is 2. The van der Waals surface area contributed by atoms with Crippen molar-refractivity contribution in [3.63, 3.8) is 0 Å². The van der Waals surface area contributed by atoms with E-state index in [2.05, 4.69) is 26.3 Å². The van der Waals surface area contributed by atoms with Gasteiger partial charge in [-0.15, -0.1) is 0 Å². The molecule has 0 saturated heterocycles. The predicted octanol–water partition coefficient (Wildman–Crippen LogP) is 4.67. The van der Waals surface area contributed by atoms with Gasteiger partial charge in [-0.2, -0.15) is 5.10 Å². The summed E-state index contributed by atoms with van der Waals surface area (Å²) >= 11 is 9.87. The van der Waals surface area contributed by atoms with E-state index >= 15 is 0 Å². The molecule has 0 spiro atoms. The van der Waals surface area contributed by atoms with Gasteiger partial charge >= 0.3 is 0 Å². The van der Waals surface area contributed by atoms with Crippen LogP contribution in [0.15, 0.2) is 53.0 Å². The molecule has 1 aromatic heterocycles. The highest BCUT2D eigenvalue weighted by Crippen LogP contribution is 2.23. The van der Waals surface area contributed by atoms with E-state index < -0.39 is 0 Å². The SMILES string of the molecule is Cc1cc(Br)ccc1NC(=O)CN(C)C(=O)c1c(C)nn(Cc2ccccc2)c1Cl. The first-order chi connectivity index (χ1) is 14.3. The van der Waals surface area contributed by atoms with Gasteiger partial charge in [-0.25, -0.2) is 4.68 Å².